The van der Waals surface area contributed by atoms with Gasteiger partial charge in [0.05, 0.1) is 19.3 Å². The van der Waals surface area contributed by atoms with Gasteiger partial charge in [-0.25, -0.2) is 0 Å². The molecule has 1 atom stereocenters. The van der Waals surface area contributed by atoms with E-state index in [1.54, 1.807) is 24.3 Å². The molecule has 122 valence electrons. The lowest BCUT2D eigenvalue weighted by atomic mass is 10.1. The summed E-state index contributed by atoms with van der Waals surface area (Å²) in [5, 5.41) is 11.6. The van der Waals surface area contributed by atoms with Crippen LogP contribution in [0.4, 0.5) is 5.69 Å². The van der Waals surface area contributed by atoms with Gasteiger partial charge < -0.3 is 20.9 Å². The molecule has 0 bridgehead atoms. The molecule has 0 aliphatic rings. The fraction of sp³-hybridized carbons (Fsp3) is 0.500. The summed E-state index contributed by atoms with van der Waals surface area (Å²) in [7, 11) is 0. The number of benzene rings is 1. The second kappa shape index (κ2) is 9.92. The van der Waals surface area contributed by atoms with Crippen LogP contribution in [0.2, 0.25) is 0 Å². The smallest absolute Gasteiger partial charge is 0.305 e. The third kappa shape index (κ3) is 6.69. The Balaban J connectivity index is 2.33. The van der Waals surface area contributed by atoms with Gasteiger partial charge in [-0.1, -0.05) is 25.5 Å². The Kier molecular flexibility index (Phi) is 8.17. The van der Waals surface area contributed by atoms with Crippen molar-refractivity contribution in [2.45, 2.75) is 45.3 Å². The van der Waals surface area contributed by atoms with E-state index in [4.69, 9.17) is 15.6 Å². The summed E-state index contributed by atoms with van der Waals surface area (Å²) < 4.78 is 5.01. The molecular formula is C16H24N2O4. The summed E-state index contributed by atoms with van der Waals surface area (Å²) in [5.41, 5.74) is 7.13. The number of hydrogen-bond donors (Lipinski definition) is 3. The van der Waals surface area contributed by atoms with Crippen LogP contribution in [0.25, 0.3) is 0 Å². The fourth-order valence-electron chi connectivity index (χ4n) is 1.74. The molecule has 0 fully saturated rings. The third-order valence-electron chi connectivity index (χ3n) is 3.16. The molecule has 1 amide bonds. The Hall–Kier alpha value is -1.92. The number of nitrogens with one attached hydrogen (secondary N) is 1. The second-order valence-corrected chi connectivity index (χ2v) is 5.06. The van der Waals surface area contributed by atoms with E-state index in [9.17, 15) is 9.59 Å². The number of nitrogens with two attached hydrogens (primary N) is 1. The van der Waals surface area contributed by atoms with Crippen molar-refractivity contribution in [3.8, 4) is 0 Å². The molecule has 0 aliphatic heterocycles. The van der Waals surface area contributed by atoms with E-state index in [2.05, 4.69) is 5.32 Å². The topological polar surface area (TPSA) is 102 Å². The lowest BCUT2D eigenvalue weighted by Crippen LogP contribution is -2.36. The van der Waals surface area contributed by atoms with Crippen molar-refractivity contribution in [2.24, 2.45) is 5.73 Å². The van der Waals surface area contributed by atoms with Crippen LogP contribution in [0.1, 0.15) is 38.2 Å². The number of carbonyl (C=O) groups excluding carboxylic acids is 2. The Labute approximate surface area is 130 Å². The minimum atomic E-state index is -0.767. The normalized spacial score (nSPS) is 11.8. The van der Waals surface area contributed by atoms with Gasteiger partial charge in [0.25, 0.3) is 0 Å². The van der Waals surface area contributed by atoms with Crippen molar-refractivity contribution in [3.63, 3.8) is 0 Å². The van der Waals surface area contributed by atoms with Crippen LogP contribution >= 0.6 is 0 Å². The van der Waals surface area contributed by atoms with Crippen molar-refractivity contribution >= 4 is 17.6 Å². The highest BCUT2D eigenvalue weighted by Crippen LogP contribution is 2.10. The third-order valence-corrected chi connectivity index (χ3v) is 3.16. The summed E-state index contributed by atoms with van der Waals surface area (Å²) in [6, 6.07) is 6.04. The molecule has 0 spiro atoms. The quantitative estimate of drug-likeness (QED) is 0.475. The summed E-state index contributed by atoms with van der Waals surface area (Å²) >= 11 is 0. The minimum Gasteiger partial charge on any atom is -0.466 e. The molecule has 0 saturated carbocycles. The monoisotopic (exact) mass is 308 g/mol. The molecule has 0 radical (unpaired) electrons. The summed E-state index contributed by atoms with van der Waals surface area (Å²) in [6.07, 6.45) is 2.17. The zero-order valence-corrected chi connectivity index (χ0v) is 12.9. The van der Waals surface area contributed by atoms with Crippen molar-refractivity contribution in [2.75, 3.05) is 11.9 Å². The number of rotatable bonds is 9. The number of esters is 1. The Bertz CT molecular complexity index is 474. The van der Waals surface area contributed by atoms with Crippen molar-refractivity contribution in [1.29, 1.82) is 0 Å². The number of ether oxygens (including phenoxy) is 1. The zero-order valence-electron chi connectivity index (χ0n) is 12.9. The summed E-state index contributed by atoms with van der Waals surface area (Å²) in [5.74, 6) is -0.679. The van der Waals surface area contributed by atoms with E-state index in [0.29, 0.717) is 12.3 Å². The molecule has 0 saturated heterocycles. The van der Waals surface area contributed by atoms with E-state index < -0.39 is 6.04 Å². The van der Waals surface area contributed by atoms with E-state index in [1.165, 1.54) is 0 Å². The van der Waals surface area contributed by atoms with Crippen LogP contribution in [-0.2, 0) is 20.9 Å². The average Bonchev–Trinajstić information content (AvgIpc) is 2.53. The molecule has 1 rings (SSSR count). The first-order chi connectivity index (χ1) is 10.6. The van der Waals surface area contributed by atoms with Gasteiger partial charge in [-0.05, 0) is 30.5 Å². The van der Waals surface area contributed by atoms with E-state index >= 15 is 0 Å². The second-order valence-electron chi connectivity index (χ2n) is 5.06. The number of anilines is 1. The molecule has 4 N–H and O–H groups in total. The average molecular weight is 308 g/mol. The lowest BCUT2D eigenvalue weighted by molar-refractivity contribution is -0.144. The maximum atomic E-state index is 11.9. The van der Waals surface area contributed by atoms with Crippen molar-refractivity contribution in [3.05, 3.63) is 29.8 Å². The van der Waals surface area contributed by atoms with Gasteiger partial charge >= 0.3 is 5.97 Å². The predicted octanol–water partition coefficient (Wildman–Crippen LogP) is 1.57. The number of hydrogen-bond acceptors (Lipinski definition) is 5. The number of unbranched alkanes of at least 4 members (excludes halogenated alkanes) is 1. The van der Waals surface area contributed by atoms with Crippen LogP contribution in [0.15, 0.2) is 24.3 Å². The Morgan fingerprint density at radius 3 is 2.59 bits per heavy atom. The van der Waals surface area contributed by atoms with Crippen molar-refractivity contribution in [1.82, 2.24) is 0 Å². The van der Waals surface area contributed by atoms with Gasteiger partial charge in [0.2, 0.25) is 5.91 Å². The molecule has 0 aromatic heterocycles. The SMILES string of the molecule is CCCCOC(=O)CCC(N)C(=O)Nc1ccc(CO)cc1. The molecule has 0 aliphatic carbocycles. The molecule has 6 heteroatoms. The number of amides is 1. The lowest BCUT2D eigenvalue weighted by Gasteiger charge is -2.12. The maximum Gasteiger partial charge on any atom is 0.305 e. The number of aliphatic hydroxyl groups is 1. The van der Waals surface area contributed by atoms with Gasteiger partial charge in [-0.2, -0.15) is 0 Å². The van der Waals surface area contributed by atoms with Crippen LogP contribution in [0.5, 0.6) is 0 Å². The Morgan fingerprint density at radius 2 is 2.00 bits per heavy atom. The van der Waals surface area contributed by atoms with Gasteiger partial charge in [0.15, 0.2) is 0 Å². The highest BCUT2D eigenvalue weighted by molar-refractivity contribution is 5.94. The van der Waals surface area contributed by atoms with E-state index in [1.807, 2.05) is 6.92 Å². The van der Waals surface area contributed by atoms with Crippen LogP contribution in [-0.4, -0.2) is 29.6 Å². The molecule has 1 aromatic rings. The molecule has 1 aromatic carbocycles. The zero-order chi connectivity index (χ0) is 16.4. The predicted molar refractivity (Wildman–Crippen MR) is 84.1 cm³/mol. The van der Waals surface area contributed by atoms with Crippen molar-refractivity contribution < 1.29 is 19.4 Å². The molecule has 22 heavy (non-hydrogen) atoms. The van der Waals surface area contributed by atoms with Crippen LogP contribution < -0.4 is 11.1 Å². The molecule has 0 heterocycles. The first-order valence-corrected chi connectivity index (χ1v) is 7.48. The molecule has 6 nitrogen and oxygen atoms in total. The standard InChI is InChI=1S/C16H24N2O4/c1-2-3-10-22-15(20)9-8-14(17)16(21)18-13-6-4-12(11-19)5-7-13/h4-7,14,19H,2-3,8-11,17H2,1H3,(H,18,21). The molecule has 1 unspecified atom stereocenters. The largest absolute Gasteiger partial charge is 0.466 e. The Morgan fingerprint density at radius 1 is 1.32 bits per heavy atom. The summed E-state index contributed by atoms with van der Waals surface area (Å²) in [6.45, 7) is 2.38. The fourth-order valence-corrected chi connectivity index (χ4v) is 1.74. The summed E-state index contributed by atoms with van der Waals surface area (Å²) in [4.78, 5) is 23.3. The molecular weight excluding hydrogens is 284 g/mol. The number of carbonyl (C=O) groups is 2. The van der Waals surface area contributed by atoms with Gasteiger partial charge in [0, 0.05) is 12.1 Å². The minimum absolute atomic E-state index is 0.0477. The highest BCUT2D eigenvalue weighted by atomic mass is 16.5. The van der Waals surface area contributed by atoms with Gasteiger partial charge in [-0.15, -0.1) is 0 Å². The van der Waals surface area contributed by atoms with Crippen LogP contribution in [0, 0.1) is 0 Å². The van der Waals surface area contributed by atoms with Gasteiger partial charge in [0.1, 0.15) is 0 Å². The van der Waals surface area contributed by atoms with Gasteiger partial charge in [-0.3, -0.25) is 9.59 Å². The van der Waals surface area contributed by atoms with E-state index in [-0.39, 0.29) is 31.3 Å². The van der Waals surface area contributed by atoms with E-state index in [0.717, 1.165) is 18.4 Å². The first-order valence-electron chi connectivity index (χ1n) is 7.48. The van der Waals surface area contributed by atoms with Crippen LogP contribution in [0.3, 0.4) is 0 Å². The number of aliphatic hydroxyl groups excluding tert-OH is 1. The highest BCUT2D eigenvalue weighted by Gasteiger charge is 2.15. The first kappa shape index (κ1) is 18.1. The maximum absolute atomic E-state index is 11.9.